The maximum atomic E-state index is 5.28. The molecule has 0 bridgehead atoms. The van der Waals surface area contributed by atoms with E-state index in [9.17, 15) is 0 Å². The molecule has 0 saturated carbocycles. The number of benzene rings is 1. The minimum absolute atomic E-state index is 0.379. The van der Waals surface area contributed by atoms with E-state index >= 15 is 0 Å². The van der Waals surface area contributed by atoms with Crippen LogP contribution in [0, 0.1) is 0 Å². The lowest BCUT2D eigenvalue weighted by atomic mass is 10.2. The van der Waals surface area contributed by atoms with Crippen molar-refractivity contribution in [2.45, 2.75) is 26.4 Å². The number of methoxy groups -OCH3 is 2. The van der Waals surface area contributed by atoms with Crippen LogP contribution in [-0.4, -0.2) is 24.0 Å². The van der Waals surface area contributed by atoms with Crippen molar-refractivity contribution < 1.29 is 9.47 Å². The van der Waals surface area contributed by atoms with Gasteiger partial charge in [-0.15, -0.1) is 0 Å². The third-order valence-corrected chi connectivity index (χ3v) is 3.06. The minimum Gasteiger partial charge on any atom is -0.493 e. The second kappa shape index (κ2) is 6.32. The van der Waals surface area contributed by atoms with Crippen LogP contribution in [0.15, 0.2) is 30.6 Å². The zero-order chi connectivity index (χ0) is 14.5. The predicted molar refractivity (Wildman–Crippen MR) is 79.5 cm³/mol. The van der Waals surface area contributed by atoms with Gasteiger partial charge in [0.15, 0.2) is 11.5 Å². The van der Waals surface area contributed by atoms with E-state index in [0.29, 0.717) is 6.04 Å². The van der Waals surface area contributed by atoms with Crippen molar-refractivity contribution in [3.05, 3.63) is 36.2 Å². The molecule has 2 rings (SSSR count). The van der Waals surface area contributed by atoms with Gasteiger partial charge in [-0.1, -0.05) is 0 Å². The molecular formula is C15H21N3O2. The number of ether oxygens (including phenoxy) is 2. The molecule has 0 aliphatic heterocycles. The highest BCUT2D eigenvalue weighted by Gasteiger charge is 2.05. The van der Waals surface area contributed by atoms with Gasteiger partial charge in [0.2, 0.25) is 0 Å². The first-order valence-electron chi connectivity index (χ1n) is 6.63. The van der Waals surface area contributed by atoms with E-state index in [0.717, 1.165) is 29.3 Å². The Hall–Kier alpha value is -2.17. The van der Waals surface area contributed by atoms with Crippen LogP contribution in [0.2, 0.25) is 0 Å². The lowest BCUT2D eigenvalue weighted by Crippen LogP contribution is -2.01. The van der Waals surface area contributed by atoms with Crippen molar-refractivity contribution >= 4 is 5.69 Å². The van der Waals surface area contributed by atoms with Crippen LogP contribution in [0.4, 0.5) is 5.69 Å². The first-order chi connectivity index (χ1) is 9.63. The minimum atomic E-state index is 0.379. The van der Waals surface area contributed by atoms with Crippen molar-refractivity contribution in [3.63, 3.8) is 0 Å². The molecule has 1 aromatic heterocycles. The lowest BCUT2D eigenvalue weighted by molar-refractivity contribution is 0.355. The average Bonchev–Trinajstić information content (AvgIpc) is 2.94. The largest absolute Gasteiger partial charge is 0.493 e. The van der Waals surface area contributed by atoms with Gasteiger partial charge in [0.1, 0.15) is 0 Å². The molecule has 20 heavy (non-hydrogen) atoms. The van der Waals surface area contributed by atoms with Crippen LogP contribution in [-0.2, 0) is 6.54 Å². The Kier molecular flexibility index (Phi) is 4.50. The molecule has 0 atom stereocenters. The Morgan fingerprint density at radius 2 is 1.95 bits per heavy atom. The number of nitrogens with one attached hydrogen (secondary N) is 1. The Labute approximate surface area is 119 Å². The number of aromatic nitrogens is 2. The van der Waals surface area contributed by atoms with Gasteiger partial charge in [-0.2, -0.15) is 5.10 Å². The molecule has 1 N–H and O–H groups in total. The van der Waals surface area contributed by atoms with E-state index in [4.69, 9.17) is 9.47 Å². The number of hydrogen-bond acceptors (Lipinski definition) is 4. The smallest absolute Gasteiger partial charge is 0.162 e. The van der Waals surface area contributed by atoms with Gasteiger partial charge >= 0.3 is 0 Å². The Morgan fingerprint density at radius 3 is 2.55 bits per heavy atom. The summed E-state index contributed by atoms with van der Waals surface area (Å²) < 4.78 is 12.5. The second-order valence-corrected chi connectivity index (χ2v) is 4.85. The zero-order valence-corrected chi connectivity index (χ0v) is 12.4. The highest BCUT2D eigenvalue weighted by atomic mass is 16.5. The first kappa shape index (κ1) is 14.2. The van der Waals surface area contributed by atoms with Gasteiger partial charge in [0.05, 0.1) is 20.4 Å². The molecule has 5 heteroatoms. The standard InChI is InChI=1S/C15H21N3O2/c1-11(2)18-10-12(9-17-18)8-16-13-5-6-14(19-3)15(7-13)20-4/h5-7,9-11,16H,8H2,1-4H3. The second-order valence-electron chi connectivity index (χ2n) is 4.85. The van der Waals surface area contributed by atoms with Crippen LogP contribution >= 0.6 is 0 Å². The van der Waals surface area contributed by atoms with E-state index in [-0.39, 0.29) is 0 Å². The highest BCUT2D eigenvalue weighted by molar-refractivity contribution is 5.54. The van der Waals surface area contributed by atoms with Crippen molar-refractivity contribution in [1.29, 1.82) is 0 Å². The monoisotopic (exact) mass is 275 g/mol. The number of hydrogen-bond donors (Lipinski definition) is 1. The van der Waals surface area contributed by atoms with Gasteiger partial charge in [-0.05, 0) is 26.0 Å². The molecule has 0 radical (unpaired) electrons. The third kappa shape index (κ3) is 3.23. The summed E-state index contributed by atoms with van der Waals surface area (Å²) in [6.45, 7) is 4.94. The summed E-state index contributed by atoms with van der Waals surface area (Å²) in [4.78, 5) is 0. The van der Waals surface area contributed by atoms with E-state index in [2.05, 4.69) is 30.5 Å². The summed E-state index contributed by atoms with van der Waals surface area (Å²) in [6.07, 6.45) is 3.94. The van der Waals surface area contributed by atoms with Gasteiger partial charge in [0.25, 0.3) is 0 Å². The predicted octanol–water partition coefficient (Wildman–Crippen LogP) is 3.09. The van der Waals surface area contributed by atoms with Gasteiger partial charge in [0, 0.05) is 36.1 Å². The van der Waals surface area contributed by atoms with E-state index in [1.165, 1.54) is 0 Å². The Bertz CT molecular complexity index is 564. The Balaban J connectivity index is 2.03. The molecule has 2 aromatic rings. The normalized spacial score (nSPS) is 10.7. The molecule has 0 fully saturated rings. The van der Waals surface area contributed by atoms with Crippen LogP contribution in [0.1, 0.15) is 25.5 Å². The SMILES string of the molecule is COc1ccc(NCc2cnn(C(C)C)c2)cc1OC. The molecule has 0 aliphatic carbocycles. The highest BCUT2D eigenvalue weighted by Crippen LogP contribution is 2.29. The van der Waals surface area contributed by atoms with Gasteiger partial charge < -0.3 is 14.8 Å². The molecule has 1 heterocycles. The topological polar surface area (TPSA) is 48.3 Å². The van der Waals surface area contributed by atoms with Crippen LogP contribution in [0.3, 0.4) is 0 Å². The molecule has 0 unspecified atom stereocenters. The summed E-state index contributed by atoms with van der Waals surface area (Å²) in [5.74, 6) is 1.45. The van der Waals surface area contributed by atoms with Crippen LogP contribution < -0.4 is 14.8 Å². The van der Waals surface area contributed by atoms with E-state index < -0.39 is 0 Å². The summed E-state index contributed by atoms with van der Waals surface area (Å²) in [6, 6.07) is 6.16. The molecule has 5 nitrogen and oxygen atoms in total. The summed E-state index contributed by atoms with van der Waals surface area (Å²) in [7, 11) is 3.26. The summed E-state index contributed by atoms with van der Waals surface area (Å²) in [5, 5.41) is 7.67. The van der Waals surface area contributed by atoms with Crippen molar-refractivity contribution in [2.24, 2.45) is 0 Å². The number of anilines is 1. The average molecular weight is 275 g/mol. The van der Waals surface area contributed by atoms with Gasteiger partial charge in [-0.3, -0.25) is 4.68 Å². The Morgan fingerprint density at radius 1 is 1.20 bits per heavy atom. The van der Waals surface area contributed by atoms with E-state index in [1.54, 1.807) is 14.2 Å². The maximum Gasteiger partial charge on any atom is 0.162 e. The molecule has 0 amide bonds. The third-order valence-electron chi connectivity index (χ3n) is 3.06. The fourth-order valence-corrected chi connectivity index (χ4v) is 1.90. The van der Waals surface area contributed by atoms with E-state index in [1.807, 2.05) is 29.1 Å². The molecule has 0 aliphatic rings. The first-order valence-corrected chi connectivity index (χ1v) is 6.63. The molecule has 0 saturated heterocycles. The lowest BCUT2D eigenvalue weighted by Gasteiger charge is -2.10. The summed E-state index contributed by atoms with van der Waals surface area (Å²) in [5.41, 5.74) is 2.13. The van der Waals surface area contributed by atoms with Gasteiger partial charge in [-0.25, -0.2) is 0 Å². The van der Waals surface area contributed by atoms with Crippen molar-refractivity contribution in [2.75, 3.05) is 19.5 Å². The van der Waals surface area contributed by atoms with Crippen LogP contribution in [0.25, 0.3) is 0 Å². The van der Waals surface area contributed by atoms with Crippen LogP contribution in [0.5, 0.6) is 11.5 Å². The maximum absolute atomic E-state index is 5.28. The number of nitrogens with zero attached hydrogens (tertiary/aromatic N) is 2. The molecule has 1 aromatic carbocycles. The van der Waals surface area contributed by atoms with Crippen molar-refractivity contribution in [1.82, 2.24) is 9.78 Å². The van der Waals surface area contributed by atoms with Crippen molar-refractivity contribution in [3.8, 4) is 11.5 Å². The molecular weight excluding hydrogens is 254 g/mol. The summed E-state index contributed by atoms with van der Waals surface area (Å²) >= 11 is 0. The number of rotatable bonds is 6. The fourth-order valence-electron chi connectivity index (χ4n) is 1.90. The molecule has 0 spiro atoms. The fraction of sp³-hybridized carbons (Fsp3) is 0.400. The molecule has 108 valence electrons. The zero-order valence-electron chi connectivity index (χ0n) is 12.4. The quantitative estimate of drug-likeness (QED) is 0.880.